The first-order valence-corrected chi connectivity index (χ1v) is 6.33. The molecule has 0 amide bonds. The Hall–Kier alpha value is -1.22. The van der Waals surface area contributed by atoms with Gasteiger partial charge in [-0.05, 0) is 40.2 Å². The predicted octanol–water partition coefficient (Wildman–Crippen LogP) is 4.25. The Labute approximate surface area is 109 Å². The van der Waals surface area contributed by atoms with Gasteiger partial charge in [-0.1, -0.05) is 19.4 Å². The molecule has 2 nitrogen and oxygen atoms in total. The molecule has 18 heavy (non-hydrogen) atoms. The summed E-state index contributed by atoms with van der Waals surface area (Å²) in [7, 11) is 0. The first-order valence-electron chi connectivity index (χ1n) is 6.33. The van der Waals surface area contributed by atoms with E-state index in [1.165, 1.54) is 0 Å². The molecular formula is C15H22FNO. The zero-order valence-electron chi connectivity index (χ0n) is 11.8. The standard InChI is InChI=1S/C15H22FNO/c1-6-7-10(2)17-13-9-8-12(15(4,5)18)14(16)11(13)3/h8-9,18H,6-7H2,1-5H3. The highest BCUT2D eigenvalue weighted by atomic mass is 19.1. The molecule has 0 radical (unpaired) electrons. The van der Waals surface area contributed by atoms with Gasteiger partial charge in [-0.2, -0.15) is 0 Å². The third-order valence-corrected chi connectivity index (χ3v) is 2.94. The molecule has 1 aromatic carbocycles. The molecule has 0 aliphatic heterocycles. The molecule has 0 bridgehead atoms. The highest BCUT2D eigenvalue weighted by molar-refractivity contribution is 5.84. The average Bonchev–Trinajstić information content (AvgIpc) is 2.23. The first-order chi connectivity index (χ1) is 8.27. The van der Waals surface area contributed by atoms with Crippen molar-refractivity contribution < 1.29 is 9.50 Å². The predicted molar refractivity (Wildman–Crippen MR) is 74.1 cm³/mol. The van der Waals surface area contributed by atoms with Crippen molar-refractivity contribution in [3.8, 4) is 0 Å². The second kappa shape index (κ2) is 5.61. The lowest BCUT2D eigenvalue weighted by Crippen LogP contribution is -2.18. The zero-order valence-corrected chi connectivity index (χ0v) is 11.8. The Morgan fingerprint density at radius 3 is 2.50 bits per heavy atom. The molecule has 1 N–H and O–H groups in total. The normalized spacial score (nSPS) is 12.9. The monoisotopic (exact) mass is 251 g/mol. The Morgan fingerprint density at radius 1 is 1.39 bits per heavy atom. The average molecular weight is 251 g/mol. The summed E-state index contributed by atoms with van der Waals surface area (Å²) in [6.07, 6.45) is 1.94. The van der Waals surface area contributed by atoms with Crippen LogP contribution in [0.25, 0.3) is 0 Å². The van der Waals surface area contributed by atoms with Gasteiger partial charge in [-0.25, -0.2) is 4.39 Å². The summed E-state index contributed by atoms with van der Waals surface area (Å²) < 4.78 is 14.2. The molecule has 0 aliphatic rings. The maximum Gasteiger partial charge on any atom is 0.134 e. The van der Waals surface area contributed by atoms with E-state index in [2.05, 4.69) is 11.9 Å². The van der Waals surface area contributed by atoms with Crippen LogP contribution >= 0.6 is 0 Å². The third kappa shape index (κ3) is 3.39. The van der Waals surface area contributed by atoms with Gasteiger partial charge in [-0.15, -0.1) is 0 Å². The van der Waals surface area contributed by atoms with Crippen LogP contribution in [-0.2, 0) is 5.60 Å². The molecule has 0 fully saturated rings. The fraction of sp³-hybridized carbons (Fsp3) is 0.533. The van der Waals surface area contributed by atoms with Gasteiger partial charge in [0.25, 0.3) is 0 Å². The van der Waals surface area contributed by atoms with Crippen molar-refractivity contribution in [3.05, 3.63) is 29.1 Å². The Balaban J connectivity index is 3.21. The highest BCUT2D eigenvalue weighted by Gasteiger charge is 2.22. The van der Waals surface area contributed by atoms with Crippen LogP contribution in [0.4, 0.5) is 10.1 Å². The molecule has 0 aromatic heterocycles. The molecule has 1 aromatic rings. The molecule has 3 heteroatoms. The summed E-state index contributed by atoms with van der Waals surface area (Å²) in [5.74, 6) is -0.368. The van der Waals surface area contributed by atoms with E-state index in [9.17, 15) is 9.50 Å². The molecule has 100 valence electrons. The van der Waals surface area contributed by atoms with Crippen LogP contribution in [0.1, 0.15) is 51.7 Å². The summed E-state index contributed by atoms with van der Waals surface area (Å²) in [6, 6.07) is 3.38. The Kier molecular flexibility index (Phi) is 4.63. The number of aliphatic hydroxyl groups is 1. The SMILES string of the molecule is CCCC(C)=Nc1ccc(C(C)(C)O)c(F)c1C. The number of aliphatic imine (C=N–C) groups is 1. The van der Waals surface area contributed by atoms with E-state index in [-0.39, 0.29) is 5.82 Å². The largest absolute Gasteiger partial charge is 0.386 e. The topological polar surface area (TPSA) is 32.6 Å². The number of nitrogens with zero attached hydrogens (tertiary/aromatic N) is 1. The van der Waals surface area contributed by atoms with E-state index in [0.717, 1.165) is 18.6 Å². The van der Waals surface area contributed by atoms with Crippen molar-refractivity contribution in [3.63, 3.8) is 0 Å². The summed E-state index contributed by atoms with van der Waals surface area (Å²) in [5, 5.41) is 9.88. The van der Waals surface area contributed by atoms with Crippen molar-refractivity contribution >= 4 is 11.4 Å². The minimum Gasteiger partial charge on any atom is -0.386 e. The van der Waals surface area contributed by atoms with Crippen LogP contribution in [0, 0.1) is 12.7 Å². The lowest BCUT2D eigenvalue weighted by molar-refractivity contribution is 0.0744. The minimum absolute atomic E-state index is 0.312. The van der Waals surface area contributed by atoms with Gasteiger partial charge in [0.05, 0.1) is 11.3 Å². The highest BCUT2D eigenvalue weighted by Crippen LogP contribution is 2.30. The van der Waals surface area contributed by atoms with E-state index in [0.29, 0.717) is 16.8 Å². The number of hydrogen-bond acceptors (Lipinski definition) is 2. The zero-order chi connectivity index (χ0) is 13.9. The Morgan fingerprint density at radius 2 is 2.00 bits per heavy atom. The molecule has 0 aliphatic carbocycles. The molecule has 0 saturated carbocycles. The number of benzene rings is 1. The van der Waals surface area contributed by atoms with Gasteiger partial charge in [0.15, 0.2) is 0 Å². The first kappa shape index (κ1) is 14.8. The van der Waals surface area contributed by atoms with Crippen LogP contribution in [0.2, 0.25) is 0 Å². The van der Waals surface area contributed by atoms with E-state index in [4.69, 9.17) is 0 Å². The van der Waals surface area contributed by atoms with E-state index >= 15 is 0 Å². The van der Waals surface area contributed by atoms with Gasteiger partial charge in [0, 0.05) is 16.8 Å². The maximum absolute atomic E-state index is 14.2. The molecule has 0 unspecified atom stereocenters. The second-order valence-electron chi connectivity index (χ2n) is 5.23. The summed E-state index contributed by atoms with van der Waals surface area (Å²) in [4.78, 5) is 4.43. The quantitative estimate of drug-likeness (QED) is 0.797. The van der Waals surface area contributed by atoms with Crippen molar-refractivity contribution in [1.82, 2.24) is 0 Å². The van der Waals surface area contributed by atoms with Gasteiger partial charge in [0.1, 0.15) is 5.82 Å². The maximum atomic E-state index is 14.2. The lowest BCUT2D eigenvalue weighted by atomic mass is 9.95. The van der Waals surface area contributed by atoms with Crippen LogP contribution in [0.3, 0.4) is 0 Å². The van der Waals surface area contributed by atoms with Crippen LogP contribution in [-0.4, -0.2) is 10.8 Å². The molecule has 0 atom stereocenters. The van der Waals surface area contributed by atoms with Crippen molar-refractivity contribution in [2.24, 2.45) is 4.99 Å². The third-order valence-electron chi connectivity index (χ3n) is 2.94. The van der Waals surface area contributed by atoms with E-state index in [1.54, 1.807) is 32.9 Å². The van der Waals surface area contributed by atoms with Crippen molar-refractivity contribution in [2.45, 2.75) is 53.1 Å². The fourth-order valence-corrected chi connectivity index (χ4v) is 1.89. The summed E-state index contributed by atoms with van der Waals surface area (Å²) in [6.45, 7) is 8.89. The van der Waals surface area contributed by atoms with Gasteiger partial charge in [-0.3, -0.25) is 4.99 Å². The fourth-order valence-electron chi connectivity index (χ4n) is 1.89. The minimum atomic E-state index is -1.17. The number of rotatable bonds is 4. The van der Waals surface area contributed by atoms with Gasteiger partial charge >= 0.3 is 0 Å². The second-order valence-corrected chi connectivity index (χ2v) is 5.23. The number of hydrogen-bond donors (Lipinski definition) is 1. The molecular weight excluding hydrogens is 229 g/mol. The van der Waals surface area contributed by atoms with Crippen molar-refractivity contribution in [1.29, 1.82) is 0 Å². The summed E-state index contributed by atoms with van der Waals surface area (Å²) in [5.41, 5.74) is 1.27. The van der Waals surface area contributed by atoms with E-state index in [1.807, 2.05) is 6.92 Å². The van der Waals surface area contributed by atoms with Gasteiger partial charge < -0.3 is 5.11 Å². The smallest absolute Gasteiger partial charge is 0.134 e. The van der Waals surface area contributed by atoms with Crippen LogP contribution in [0.5, 0.6) is 0 Å². The lowest BCUT2D eigenvalue weighted by Gasteiger charge is -2.20. The molecule has 0 saturated heterocycles. The number of halogens is 1. The molecule has 1 rings (SSSR count). The Bertz CT molecular complexity index is 458. The van der Waals surface area contributed by atoms with E-state index < -0.39 is 5.60 Å². The summed E-state index contributed by atoms with van der Waals surface area (Å²) >= 11 is 0. The molecule has 0 spiro atoms. The molecule has 0 heterocycles. The van der Waals surface area contributed by atoms with Gasteiger partial charge in [0.2, 0.25) is 0 Å². The van der Waals surface area contributed by atoms with Crippen LogP contribution < -0.4 is 0 Å². The van der Waals surface area contributed by atoms with Crippen LogP contribution in [0.15, 0.2) is 17.1 Å². The van der Waals surface area contributed by atoms with Crippen molar-refractivity contribution in [2.75, 3.05) is 0 Å².